The van der Waals surface area contributed by atoms with Gasteiger partial charge in [0.2, 0.25) is 5.88 Å². The highest BCUT2D eigenvalue weighted by Gasteiger charge is 2.12. The third-order valence-electron chi connectivity index (χ3n) is 2.28. The molecule has 0 aliphatic heterocycles. The minimum atomic E-state index is -1.00. The van der Waals surface area contributed by atoms with Gasteiger partial charge in [-0.15, -0.1) is 0 Å². The van der Waals surface area contributed by atoms with Crippen molar-refractivity contribution in [3.63, 3.8) is 0 Å². The molecule has 88 valence electrons. The number of rotatable bonds is 4. The highest BCUT2D eigenvalue weighted by molar-refractivity contribution is 5.88. The fraction of sp³-hybridized carbons (Fsp3) is 0.182. The van der Waals surface area contributed by atoms with Gasteiger partial charge >= 0.3 is 5.97 Å². The third kappa shape index (κ3) is 2.41. The molecule has 17 heavy (non-hydrogen) atoms. The van der Waals surface area contributed by atoms with E-state index in [2.05, 4.69) is 9.97 Å². The maximum absolute atomic E-state index is 11.0. The zero-order chi connectivity index (χ0) is 12.3. The Morgan fingerprint density at radius 3 is 2.94 bits per heavy atom. The number of imidazole rings is 1. The van der Waals surface area contributed by atoms with Crippen LogP contribution in [0.2, 0.25) is 0 Å². The van der Waals surface area contributed by atoms with E-state index in [0.29, 0.717) is 18.1 Å². The van der Waals surface area contributed by atoms with Crippen LogP contribution in [0.25, 0.3) is 0 Å². The van der Waals surface area contributed by atoms with Crippen LogP contribution in [-0.4, -0.2) is 32.7 Å². The SMILES string of the molecule is COc1ccc(C(=O)O)c(Cn2ccnc2)n1. The minimum absolute atomic E-state index is 0.166. The first-order chi connectivity index (χ1) is 8.20. The molecule has 0 atom stereocenters. The first-order valence-corrected chi connectivity index (χ1v) is 4.93. The Morgan fingerprint density at radius 1 is 1.53 bits per heavy atom. The Kier molecular flexibility index (Phi) is 3.04. The summed E-state index contributed by atoms with van der Waals surface area (Å²) in [6, 6.07) is 3.02. The number of carboxylic acids is 1. The molecule has 2 aromatic heterocycles. The third-order valence-corrected chi connectivity index (χ3v) is 2.28. The van der Waals surface area contributed by atoms with Crippen LogP contribution in [-0.2, 0) is 6.54 Å². The number of hydrogen-bond donors (Lipinski definition) is 1. The summed E-state index contributed by atoms with van der Waals surface area (Å²) < 4.78 is 6.72. The normalized spacial score (nSPS) is 10.2. The van der Waals surface area contributed by atoms with E-state index in [1.54, 1.807) is 23.3 Å². The van der Waals surface area contributed by atoms with Crippen molar-refractivity contribution >= 4 is 5.97 Å². The van der Waals surface area contributed by atoms with Gasteiger partial charge in [-0.2, -0.15) is 0 Å². The van der Waals surface area contributed by atoms with E-state index in [9.17, 15) is 4.79 Å². The number of hydrogen-bond acceptors (Lipinski definition) is 4. The van der Waals surface area contributed by atoms with Crippen LogP contribution in [0.4, 0.5) is 0 Å². The summed E-state index contributed by atoms with van der Waals surface area (Å²) in [7, 11) is 1.49. The van der Waals surface area contributed by atoms with E-state index in [0.717, 1.165) is 0 Å². The van der Waals surface area contributed by atoms with E-state index in [1.165, 1.54) is 19.2 Å². The summed E-state index contributed by atoms with van der Waals surface area (Å²) in [5, 5.41) is 9.05. The fourth-order valence-corrected chi connectivity index (χ4v) is 1.46. The zero-order valence-electron chi connectivity index (χ0n) is 9.20. The van der Waals surface area contributed by atoms with Gasteiger partial charge in [0.05, 0.1) is 31.2 Å². The lowest BCUT2D eigenvalue weighted by Gasteiger charge is -2.07. The number of pyridine rings is 1. The maximum atomic E-state index is 11.0. The predicted octanol–water partition coefficient (Wildman–Crippen LogP) is 1.03. The fourth-order valence-electron chi connectivity index (χ4n) is 1.46. The monoisotopic (exact) mass is 233 g/mol. The molecule has 0 aromatic carbocycles. The Bertz CT molecular complexity index is 523. The predicted molar refractivity (Wildman–Crippen MR) is 59.1 cm³/mol. The van der Waals surface area contributed by atoms with Gasteiger partial charge in [-0.05, 0) is 6.07 Å². The van der Waals surface area contributed by atoms with E-state index >= 15 is 0 Å². The smallest absolute Gasteiger partial charge is 0.337 e. The molecule has 0 aliphatic rings. The van der Waals surface area contributed by atoms with Crippen molar-refractivity contribution < 1.29 is 14.6 Å². The van der Waals surface area contributed by atoms with Crippen LogP contribution < -0.4 is 4.74 Å². The molecule has 1 N–H and O–H groups in total. The first kappa shape index (κ1) is 11.1. The average Bonchev–Trinajstić information content (AvgIpc) is 2.81. The summed E-state index contributed by atoms with van der Waals surface area (Å²) in [6.07, 6.45) is 4.97. The number of aromatic carboxylic acids is 1. The first-order valence-electron chi connectivity index (χ1n) is 4.93. The number of carboxylic acid groups (broad SMARTS) is 1. The number of nitrogens with zero attached hydrogens (tertiary/aromatic N) is 3. The van der Waals surface area contributed by atoms with Gasteiger partial charge in [0.25, 0.3) is 0 Å². The highest BCUT2D eigenvalue weighted by atomic mass is 16.5. The van der Waals surface area contributed by atoms with Gasteiger partial charge in [-0.1, -0.05) is 0 Å². The van der Waals surface area contributed by atoms with Crippen LogP contribution in [0.15, 0.2) is 30.9 Å². The molecule has 0 amide bonds. The van der Waals surface area contributed by atoms with Crippen molar-refractivity contribution in [2.45, 2.75) is 6.54 Å². The lowest BCUT2D eigenvalue weighted by atomic mass is 10.2. The quantitative estimate of drug-likeness (QED) is 0.853. The molecule has 2 rings (SSSR count). The Labute approximate surface area is 97.5 Å². The number of carbonyl (C=O) groups is 1. The Hall–Kier alpha value is -2.37. The van der Waals surface area contributed by atoms with Crippen LogP contribution in [0.1, 0.15) is 16.1 Å². The number of ether oxygens (including phenoxy) is 1. The minimum Gasteiger partial charge on any atom is -0.481 e. The van der Waals surface area contributed by atoms with Crippen molar-refractivity contribution in [1.82, 2.24) is 14.5 Å². The average molecular weight is 233 g/mol. The van der Waals surface area contributed by atoms with Crippen LogP contribution in [0.3, 0.4) is 0 Å². The largest absolute Gasteiger partial charge is 0.481 e. The Morgan fingerprint density at radius 2 is 2.35 bits per heavy atom. The second-order valence-corrected chi connectivity index (χ2v) is 3.39. The lowest BCUT2D eigenvalue weighted by molar-refractivity contribution is 0.0695. The molecular weight excluding hydrogens is 222 g/mol. The molecule has 2 heterocycles. The molecule has 0 saturated carbocycles. The van der Waals surface area contributed by atoms with Crippen molar-refractivity contribution in [1.29, 1.82) is 0 Å². The molecular formula is C11H11N3O3. The molecule has 0 fully saturated rings. The van der Waals surface area contributed by atoms with Gasteiger partial charge in [0, 0.05) is 18.5 Å². The van der Waals surface area contributed by atoms with E-state index in [1.807, 2.05) is 0 Å². The van der Waals surface area contributed by atoms with E-state index in [4.69, 9.17) is 9.84 Å². The summed E-state index contributed by atoms with van der Waals surface area (Å²) in [4.78, 5) is 19.1. The second kappa shape index (κ2) is 4.65. The molecule has 2 aromatic rings. The molecule has 0 unspecified atom stereocenters. The molecule has 0 radical (unpaired) electrons. The lowest BCUT2D eigenvalue weighted by Crippen LogP contribution is -2.09. The summed E-state index contributed by atoms with van der Waals surface area (Å²) in [5.74, 6) is -0.611. The molecule has 0 bridgehead atoms. The van der Waals surface area contributed by atoms with Gasteiger partial charge in [-0.25, -0.2) is 14.8 Å². The van der Waals surface area contributed by atoms with Crippen molar-refractivity contribution in [3.8, 4) is 5.88 Å². The standard InChI is InChI=1S/C11H11N3O3/c1-17-10-3-2-8(11(15)16)9(13-10)6-14-5-4-12-7-14/h2-5,7H,6H2,1H3,(H,15,16). The van der Waals surface area contributed by atoms with Crippen molar-refractivity contribution in [2.24, 2.45) is 0 Å². The van der Waals surface area contributed by atoms with E-state index < -0.39 is 5.97 Å². The topological polar surface area (TPSA) is 77.2 Å². The van der Waals surface area contributed by atoms with Gasteiger partial charge < -0.3 is 14.4 Å². The highest BCUT2D eigenvalue weighted by Crippen LogP contribution is 2.14. The van der Waals surface area contributed by atoms with E-state index in [-0.39, 0.29) is 5.56 Å². The second-order valence-electron chi connectivity index (χ2n) is 3.39. The molecule has 0 saturated heterocycles. The van der Waals surface area contributed by atoms with Crippen molar-refractivity contribution in [3.05, 3.63) is 42.1 Å². The summed E-state index contributed by atoms with van der Waals surface area (Å²) in [6.45, 7) is 0.346. The van der Waals surface area contributed by atoms with Gasteiger partial charge in [0.15, 0.2) is 0 Å². The molecule has 6 nitrogen and oxygen atoms in total. The van der Waals surface area contributed by atoms with Crippen LogP contribution in [0.5, 0.6) is 5.88 Å². The van der Waals surface area contributed by atoms with Crippen molar-refractivity contribution in [2.75, 3.05) is 7.11 Å². The number of aromatic nitrogens is 3. The molecule has 0 aliphatic carbocycles. The Balaban J connectivity index is 2.38. The summed E-state index contributed by atoms with van der Waals surface area (Å²) >= 11 is 0. The van der Waals surface area contributed by atoms with Gasteiger partial charge in [-0.3, -0.25) is 0 Å². The zero-order valence-corrected chi connectivity index (χ0v) is 9.20. The molecule has 6 heteroatoms. The maximum Gasteiger partial charge on any atom is 0.337 e. The summed E-state index contributed by atoms with van der Waals surface area (Å²) in [5.41, 5.74) is 0.606. The van der Waals surface area contributed by atoms with Gasteiger partial charge in [0.1, 0.15) is 0 Å². The molecule has 0 spiro atoms. The van der Waals surface area contributed by atoms with Crippen LogP contribution >= 0.6 is 0 Å². The number of methoxy groups -OCH3 is 1. The van der Waals surface area contributed by atoms with Crippen LogP contribution in [0, 0.1) is 0 Å².